The van der Waals surface area contributed by atoms with Gasteiger partial charge >= 0.3 is 5.97 Å². The van der Waals surface area contributed by atoms with Crippen LogP contribution in [0.4, 0.5) is 0 Å². The van der Waals surface area contributed by atoms with E-state index in [1.54, 1.807) is 7.11 Å². The molecule has 0 aliphatic heterocycles. The molecular formula is C21H34O9. The number of carboxylic acid groups (broad SMARTS) is 1. The predicted molar refractivity (Wildman–Crippen MR) is 110 cm³/mol. The topological polar surface area (TPSA) is 102 Å². The second-order valence-electron chi connectivity index (χ2n) is 6.36. The molecule has 9 nitrogen and oxygen atoms in total. The molecule has 1 aromatic carbocycles. The van der Waals surface area contributed by atoms with Crippen LogP contribution in [-0.2, 0) is 28.5 Å². The molecular weight excluding hydrogens is 396 g/mol. The van der Waals surface area contributed by atoms with Crippen LogP contribution in [0.5, 0.6) is 11.5 Å². The molecule has 1 aromatic rings. The molecule has 0 aliphatic carbocycles. The molecule has 0 saturated heterocycles. The number of hydrogen-bond acceptors (Lipinski definition) is 8. The van der Waals surface area contributed by atoms with Gasteiger partial charge in [0.15, 0.2) is 11.5 Å². The number of carbonyl (C=O) groups is 1. The molecule has 0 aliphatic rings. The maximum absolute atomic E-state index is 10.3. The third-order valence-corrected chi connectivity index (χ3v) is 3.93. The summed E-state index contributed by atoms with van der Waals surface area (Å²) in [7, 11) is 1.63. The van der Waals surface area contributed by atoms with Crippen molar-refractivity contribution in [1.29, 1.82) is 0 Å². The van der Waals surface area contributed by atoms with Gasteiger partial charge < -0.3 is 38.3 Å². The number of ether oxygens (including phenoxy) is 7. The molecule has 0 radical (unpaired) electrons. The van der Waals surface area contributed by atoms with Crippen molar-refractivity contribution in [2.24, 2.45) is 0 Å². The van der Waals surface area contributed by atoms with E-state index in [1.807, 2.05) is 26.0 Å². The number of hydrogen-bond donors (Lipinski definition) is 1. The van der Waals surface area contributed by atoms with E-state index in [-0.39, 0.29) is 13.2 Å². The Morgan fingerprint density at radius 1 is 0.700 bits per heavy atom. The highest BCUT2D eigenvalue weighted by molar-refractivity contribution is 5.67. The van der Waals surface area contributed by atoms with Gasteiger partial charge in [-0.15, -0.1) is 0 Å². The Labute approximate surface area is 178 Å². The molecule has 0 aromatic heterocycles. The van der Waals surface area contributed by atoms with Crippen LogP contribution in [0.2, 0.25) is 0 Å². The molecule has 1 rings (SSSR count). The zero-order valence-corrected chi connectivity index (χ0v) is 18.1. The lowest BCUT2D eigenvalue weighted by molar-refractivity contribution is -0.142. The van der Waals surface area contributed by atoms with Crippen LogP contribution in [0.3, 0.4) is 0 Å². The van der Waals surface area contributed by atoms with Crippen molar-refractivity contribution in [3.63, 3.8) is 0 Å². The Morgan fingerprint density at radius 3 is 1.53 bits per heavy atom. The fourth-order valence-corrected chi connectivity index (χ4v) is 2.25. The first-order valence-electron chi connectivity index (χ1n) is 9.93. The van der Waals surface area contributed by atoms with Gasteiger partial charge in [0.2, 0.25) is 0 Å². The lowest BCUT2D eigenvalue weighted by Crippen LogP contribution is -2.14. The first-order valence-corrected chi connectivity index (χ1v) is 9.93. The minimum Gasteiger partial charge on any atom is -0.487 e. The highest BCUT2D eigenvalue weighted by Crippen LogP contribution is 2.30. The summed E-state index contributed by atoms with van der Waals surface area (Å²) in [4.78, 5) is 10.3. The summed E-state index contributed by atoms with van der Waals surface area (Å²) in [5.41, 5.74) is 2.21. The second-order valence-corrected chi connectivity index (χ2v) is 6.36. The van der Waals surface area contributed by atoms with Crippen LogP contribution >= 0.6 is 0 Å². The monoisotopic (exact) mass is 430 g/mol. The van der Waals surface area contributed by atoms with Crippen LogP contribution in [0.15, 0.2) is 12.1 Å². The summed E-state index contributed by atoms with van der Waals surface area (Å²) >= 11 is 0. The maximum atomic E-state index is 10.3. The number of aryl methyl sites for hydroxylation is 2. The first-order chi connectivity index (χ1) is 14.5. The average Bonchev–Trinajstić information content (AvgIpc) is 2.71. The number of aliphatic carboxylic acids is 1. The fourth-order valence-electron chi connectivity index (χ4n) is 2.25. The Kier molecular flexibility index (Phi) is 14.7. The normalized spacial score (nSPS) is 10.9. The van der Waals surface area contributed by atoms with Crippen LogP contribution < -0.4 is 9.47 Å². The van der Waals surface area contributed by atoms with Gasteiger partial charge in [-0.05, 0) is 37.1 Å². The SMILES string of the molecule is COCCOCCOCCOc1cc(C)c(C)cc1OCCOCCOCC(=O)O. The van der Waals surface area contributed by atoms with Crippen molar-refractivity contribution in [1.82, 2.24) is 0 Å². The molecule has 30 heavy (non-hydrogen) atoms. The zero-order valence-electron chi connectivity index (χ0n) is 18.1. The summed E-state index contributed by atoms with van der Waals surface area (Å²) in [5.74, 6) is 0.302. The molecule has 9 heteroatoms. The largest absolute Gasteiger partial charge is 0.487 e. The van der Waals surface area contributed by atoms with E-state index in [4.69, 9.17) is 38.3 Å². The summed E-state index contributed by atoms with van der Waals surface area (Å²) in [5, 5.41) is 8.48. The van der Waals surface area contributed by atoms with E-state index in [1.165, 1.54) is 0 Å². The second kappa shape index (κ2) is 16.8. The summed E-state index contributed by atoms with van der Waals surface area (Å²) in [6.07, 6.45) is 0. The Morgan fingerprint density at radius 2 is 1.10 bits per heavy atom. The molecule has 0 fully saturated rings. The van der Waals surface area contributed by atoms with Crippen LogP contribution in [0.1, 0.15) is 11.1 Å². The molecule has 1 N–H and O–H groups in total. The fraction of sp³-hybridized carbons (Fsp3) is 0.667. The number of carboxylic acids is 1. The number of methoxy groups -OCH3 is 1. The molecule has 0 atom stereocenters. The van der Waals surface area contributed by atoms with E-state index < -0.39 is 5.97 Å². The van der Waals surface area contributed by atoms with Crippen molar-refractivity contribution in [3.05, 3.63) is 23.3 Å². The van der Waals surface area contributed by atoms with Gasteiger partial charge in [-0.2, -0.15) is 0 Å². The van der Waals surface area contributed by atoms with Gasteiger partial charge in [0, 0.05) is 7.11 Å². The molecule has 0 saturated carbocycles. The predicted octanol–water partition coefficient (Wildman–Crippen LogP) is 1.86. The van der Waals surface area contributed by atoms with Gasteiger partial charge in [-0.3, -0.25) is 0 Å². The van der Waals surface area contributed by atoms with E-state index in [2.05, 4.69) is 0 Å². The van der Waals surface area contributed by atoms with Crippen molar-refractivity contribution in [2.45, 2.75) is 13.8 Å². The third-order valence-electron chi connectivity index (χ3n) is 3.93. The maximum Gasteiger partial charge on any atom is 0.329 e. The summed E-state index contributed by atoms with van der Waals surface area (Å²) in [6.45, 7) is 7.90. The highest BCUT2D eigenvalue weighted by Gasteiger charge is 2.09. The molecule has 0 unspecified atom stereocenters. The van der Waals surface area contributed by atoms with E-state index >= 15 is 0 Å². The molecule has 172 valence electrons. The average molecular weight is 430 g/mol. The van der Waals surface area contributed by atoms with Gasteiger partial charge in [0.25, 0.3) is 0 Å². The molecule has 0 amide bonds. The van der Waals surface area contributed by atoms with Gasteiger partial charge in [-0.1, -0.05) is 0 Å². The molecule has 0 bridgehead atoms. The Bertz CT molecular complexity index is 592. The lowest BCUT2D eigenvalue weighted by Gasteiger charge is -2.15. The summed E-state index contributed by atoms with van der Waals surface area (Å²) in [6, 6.07) is 3.88. The van der Waals surface area contributed by atoms with Crippen molar-refractivity contribution >= 4 is 5.97 Å². The summed E-state index contributed by atoms with van der Waals surface area (Å²) < 4.78 is 37.6. The lowest BCUT2D eigenvalue weighted by atomic mass is 10.1. The number of rotatable bonds is 19. The van der Waals surface area contributed by atoms with Gasteiger partial charge in [-0.25, -0.2) is 4.79 Å². The highest BCUT2D eigenvalue weighted by atomic mass is 16.6. The van der Waals surface area contributed by atoms with Crippen LogP contribution in [-0.4, -0.2) is 90.9 Å². The Balaban J connectivity index is 2.26. The van der Waals surface area contributed by atoms with Crippen LogP contribution in [0, 0.1) is 13.8 Å². The zero-order chi connectivity index (χ0) is 22.0. The van der Waals surface area contributed by atoms with E-state index in [9.17, 15) is 4.79 Å². The van der Waals surface area contributed by atoms with E-state index in [0.717, 1.165) is 11.1 Å². The smallest absolute Gasteiger partial charge is 0.329 e. The van der Waals surface area contributed by atoms with Gasteiger partial charge in [0.05, 0.1) is 52.9 Å². The Hall–Kier alpha value is -1.91. The van der Waals surface area contributed by atoms with Crippen molar-refractivity contribution < 1.29 is 43.1 Å². The van der Waals surface area contributed by atoms with E-state index in [0.29, 0.717) is 71.0 Å². The van der Waals surface area contributed by atoms with Crippen molar-refractivity contribution in [3.8, 4) is 11.5 Å². The molecule has 0 spiro atoms. The molecule has 0 heterocycles. The standard InChI is InChI=1S/C21H34O9/c1-17-14-19(29-12-10-26-7-6-25-5-4-24-3)20(15-18(17)2)30-13-11-27-8-9-28-16-21(22)23/h14-15H,4-13,16H2,1-3H3,(H,22,23). The van der Waals surface area contributed by atoms with Gasteiger partial charge in [0.1, 0.15) is 19.8 Å². The third kappa shape index (κ3) is 12.6. The minimum atomic E-state index is -0.999. The van der Waals surface area contributed by atoms with Crippen molar-refractivity contribution in [2.75, 3.05) is 79.8 Å². The minimum absolute atomic E-state index is 0.224. The van der Waals surface area contributed by atoms with Crippen LogP contribution in [0.25, 0.3) is 0 Å². The quantitative estimate of drug-likeness (QED) is 0.330. The number of benzene rings is 1. The first kappa shape index (κ1) is 26.1.